The van der Waals surface area contributed by atoms with E-state index in [4.69, 9.17) is 9.47 Å². The predicted molar refractivity (Wildman–Crippen MR) is 126 cm³/mol. The van der Waals surface area contributed by atoms with Gasteiger partial charge in [-0.2, -0.15) is 0 Å². The molecule has 0 saturated heterocycles. The van der Waals surface area contributed by atoms with Crippen LogP contribution in [0.25, 0.3) is 0 Å². The Bertz CT molecular complexity index is 1200. The lowest BCUT2D eigenvalue weighted by Gasteiger charge is -2.22. The van der Waals surface area contributed by atoms with E-state index in [1.165, 1.54) is 36.3 Å². The van der Waals surface area contributed by atoms with Gasteiger partial charge in [-0.1, -0.05) is 12.1 Å². The molecule has 0 spiro atoms. The average Bonchev–Trinajstić information content (AvgIpc) is 2.87. The highest BCUT2D eigenvalue weighted by molar-refractivity contribution is 5.99. The summed E-state index contributed by atoms with van der Waals surface area (Å²) < 4.78 is 24.0. The number of halogens is 1. The van der Waals surface area contributed by atoms with Gasteiger partial charge in [0, 0.05) is 25.2 Å². The van der Waals surface area contributed by atoms with Gasteiger partial charge in [-0.25, -0.2) is 4.39 Å². The number of likely N-dealkylation sites (N-methyl/N-ethyl adjacent to an activating group) is 1. The quantitative estimate of drug-likeness (QED) is 0.341. The van der Waals surface area contributed by atoms with Crippen molar-refractivity contribution in [2.75, 3.05) is 20.2 Å². The Labute approximate surface area is 201 Å². The molecule has 0 unspecified atom stereocenters. The molecule has 0 bridgehead atoms. The molecule has 3 aromatic rings. The molecule has 35 heavy (non-hydrogen) atoms. The number of carbonyl (C=O) groups excluding carboxylic acids is 2. The van der Waals surface area contributed by atoms with Crippen LogP contribution in [0.4, 0.5) is 10.1 Å². The molecular weight excluding hydrogens is 457 g/mol. The zero-order valence-corrected chi connectivity index (χ0v) is 19.2. The SMILES string of the molecule is CCN(CC(=O)NCc1ccc(F)cc1)C(=O)c1cc([N+](=O)[O-])ccc1Oc1ccc(OC)cc1. The largest absolute Gasteiger partial charge is 0.497 e. The molecule has 3 aromatic carbocycles. The summed E-state index contributed by atoms with van der Waals surface area (Å²) >= 11 is 0. The normalized spacial score (nSPS) is 10.4. The number of rotatable bonds is 10. The first kappa shape index (κ1) is 25.2. The third-order valence-corrected chi connectivity index (χ3v) is 5.10. The number of benzene rings is 3. The Kier molecular flexibility index (Phi) is 8.33. The van der Waals surface area contributed by atoms with Crippen molar-refractivity contribution >= 4 is 17.5 Å². The molecule has 0 aliphatic carbocycles. The van der Waals surface area contributed by atoms with Gasteiger partial charge in [0.05, 0.1) is 24.1 Å². The summed E-state index contributed by atoms with van der Waals surface area (Å²) in [7, 11) is 1.53. The Morgan fingerprint density at radius 3 is 2.29 bits per heavy atom. The first-order valence-electron chi connectivity index (χ1n) is 10.7. The fourth-order valence-electron chi connectivity index (χ4n) is 3.19. The topological polar surface area (TPSA) is 111 Å². The number of nitrogens with zero attached hydrogens (tertiary/aromatic N) is 2. The second kappa shape index (κ2) is 11.6. The third kappa shape index (κ3) is 6.76. The lowest BCUT2D eigenvalue weighted by molar-refractivity contribution is -0.384. The smallest absolute Gasteiger partial charge is 0.270 e. The van der Waals surface area contributed by atoms with E-state index in [2.05, 4.69) is 5.32 Å². The van der Waals surface area contributed by atoms with Gasteiger partial charge in [0.25, 0.3) is 11.6 Å². The maximum Gasteiger partial charge on any atom is 0.270 e. The van der Waals surface area contributed by atoms with Gasteiger partial charge in [-0.3, -0.25) is 19.7 Å². The molecule has 0 saturated carbocycles. The number of nitrogens with one attached hydrogen (secondary N) is 1. The van der Waals surface area contributed by atoms with Crippen LogP contribution in [0.1, 0.15) is 22.8 Å². The molecule has 0 aliphatic rings. The van der Waals surface area contributed by atoms with Crippen LogP contribution in [0.5, 0.6) is 17.2 Å². The summed E-state index contributed by atoms with van der Waals surface area (Å²) in [5.41, 5.74) is 0.360. The summed E-state index contributed by atoms with van der Waals surface area (Å²) in [5.74, 6) is -0.303. The van der Waals surface area contributed by atoms with Crippen LogP contribution >= 0.6 is 0 Å². The van der Waals surface area contributed by atoms with E-state index in [0.717, 1.165) is 6.07 Å². The summed E-state index contributed by atoms with van der Waals surface area (Å²) in [6, 6.07) is 16.0. The first-order chi connectivity index (χ1) is 16.8. The maximum atomic E-state index is 13.3. The number of amides is 2. The van der Waals surface area contributed by atoms with Gasteiger partial charge in [0.2, 0.25) is 5.91 Å². The average molecular weight is 481 g/mol. The standard InChI is InChI=1S/C25H24FN3O6/c1-3-28(16-24(30)27-15-17-4-6-18(26)7-5-17)25(31)22-14-19(29(32)33)8-13-23(22)35-21-11-9-20(34-2)10-12-21/h4-14H,3,15-16H2,1-2H3,(H,27,30). The highest BCUT2D eigenvalue weighted by atomic mass is 19.1. The first-order valence-corrected chi connectivity index (χ1v) is 10.7. The molecule has 1 N–H and O–H groups in total. The van der Waals surface area contributed by atoms with Crippen LogP contribution in [0.15, 0.2) is 66.7 Å². The summed E-state index contributed by atoms with van der Waals surface area (Å²) in [6.45, 7) is 1.74. The number of nitro groups is 1. The number of hydrogen-bond acceptors (Lipinski definition) is 6. The zero-order chi connectivity index (χ0) is 25.4. The van der Waals surface area contributed by atoms with Gasteiger partial charge in [0.15, 0.2) is 0 Å². The Morgan fingerprint density at radius 2 is 1.69 bits per heavy atom. The van der Waals surface area contributed by atoms with E-state index in [1.54, 1.807) is 43.3 Å². The van der Waals surface area contributed by atoms with Crippen LogP contribution in [0.3, 0.4) is 0 Å². The molecule has 9 nitrogen and oxygen atoms in total. The zero-order valence-electron chi connectivity index (χ0n) is 19.2. The van der Waals surface area contributed by atoms with Crippen molar-refractivity contribution in [3.05, 3.63) is 93.8 Å². The van der Waals surface area contributed by atoms with Crippen LogP contribution in [0.2, 0.25) is 0 Å². The van der Waals surface area contributed by atoms with Crippen LogP contribution in [0, 0.1) is 15.9 Å². The fraction of sp³-hybridized carbons (Fsp3) is 0.200. The molecular formula is C25H24FN3O6. The molecule has 0 heterocycles. The minimum atomic E-state index is -0.611. The lowest BCUT2D eigenvalue weighted by Crippen LogP contribution is -2.40. The van der Waals surface area contributed by atoms with Gasteiger partial charge in [-0.05, 0) is 55.0 Å². The highest BCUT2D eigenvalue weighted by Gasteiger charge is 2.24. The molecule has 0 radical (unpaired) electrons. The molecule has 2 amide bonds. The number of non-ortho nitro benzene ring substituents is 1. The van der Waals surface area contributed by atoms with E-state index in [1.807, 2.05) is 0 Å². The predicted octanol–water partition coefficient (Wildman–Crippen LogP) is 4.31. The fourth-order valence-corrected chi connectivity index (χ4v) is 3.19. The second-order valence-corrected chi connectivity index (χ2v) is 7.44. The third-order valence-electron chi connectivity index (χ3n) is 5.10. The van der Waals surface area contributed by atoms with Crippen molar-refractivity contribution < 1.29 is 28.4 Å². The maximum absolute atomic E-state index is 13.3. The Morgan fingerprint density at radius 1 is 1.03 bits per heavy atom. The molecule has 0 aliphatic heterocycles. The molecule has 0 atom stereocenters. The molecule has 3 rings (SSSR count). The van der Waals surface area contributed by atoms with Crippen molar-refractivity contribution in [2.24, 2.45) is 0 Å². The van der Waals surface area contributed by atoms with Gasteiger partial charge >= 0.3 is 0 Å². The van der Waals surface area contributed by atoms with E-state index < -0.39 is 16.7 Å². The molecule has 182 valence electrons. The number of hydrogen-bond donors (Lipinski definition) is 1. The van der Waals surface area contributed by atoms with Crippen molar-refractivity contribution in [1.82, 2.24) is 10.2 Å². The number of carbonyl (C=O) groups is 2. The summed E-state index contributed by atoms with van der Waals surface area (Å²) in [6.07, 6.45) is 0. The van der Waals surface area contributed by atoms with Gasteiger partial charge in [-0.15, -0.1) is 0 Å². The van der Waals surface area contributed by atoms with Crippen molar-refractivity contribution in [3.63, 3.8) is 0 Å². The Hall–Kier alpha value is -4.47. The molecule has 0 aromatic heterocycles. The van der Waals surface area contributed by atoms with Crippen molar-refractivity contribution in [1.29, 1.82) is 0 Å². The summed E-state index contributed by atoms with van der Waals surface area (Å²) in [5, 5.41) is 14.0. The second-order valence-electron chi connectivity index (χ2n) is 7.44. The number of nitro benzene ring substituents is 1. The minimum Gasteiger partial charge on any atom is -0.497 e. The lowest BCUT2D eigenvalue weighted by atomic mass is 10.1. The van der Waals surface area contributed by atoms with E-state index in [9.17, 15) is 24.1 Å². The van der Waals surface area contributed by atoms with Gasteiger partial charge < -0.3 is 19.7 Å². The van der Waals surface area contributed by atoms with E-state index >= 15 is 0 Å². The Balaban J connectivity index is 1.77. The minimum absolute atomic E-state index is 0.0526. The number of ether oxygens (including phenoxy) is 2. The van der Waals surface area contributed by atoms with E-state index in [-0.39, 0.29) is 42.5 Å². The van der Waals surface area contributed by atoms with Crippen molar-refractivity contribution in [2.45, 2.75) is 13.5 Å². The molecule has 10 heteroatoms. The highest BCUT2D eigenvalue weighted by Crippen LogP contribution is 2.30. The number of methoxy groups -OCH3 is 1. The van der Waals surface area contributed by atoms with Crippen molar-refractivity contribution in [3.8, 4) is 17.2 Å². The summed E-state index contributed by atoms with van der Waals surface area (Å²) in [4.78, 5) is 37.7. The van der Waals surface area contributed by atoms with E-state index in [0.29, 0.717) is 17.1 Å². The monoisotopic (exact) mass is 481 g/mol. The van der Waals surface area contributed by atoms with Gasteiger partial charge in [0.1, 0.15) is 23.1 Å². The van der Waals surface area contributed by atoms with Crippen LogP contribution in [-0.4, -0.2) is 41.8 Å². The molecule has 0 fully saturated rings. The van der Waals surface area contributed by atoms with Crippen LogP contribution < -0.4 is 14.8 Å². The van der Waals surface area contributed by atoms with Crippen LogP contribution in [-0.2, 0) is 11.3 Å².